The van der Waals surface area contributed by atoms with E-state index in [2.05, 4.69) is 26.9 Å². The van der Waals surface area contributed by atoms with Gasteiger partial charge in [0.1, 0.15) is 18.0 Å². The van der Waals surface area contributed by atoms with Crippen molar-refractivity contribution in [2.75, 3.05) is 42.4 Å². The predicted octanol–water partition coefficient (Wildman–Crippen LogP) is 3.73. The number of anilines is 4. The van der Waals surface area contributed by atoms with Gasteiger partial charge in [0.25, 0.3) is 0 Å². The van der Waals surface area contributed by atoms with Gasteiger partial charge in [0.05, 0.1) is 17.5 Å². The lowest BCUT2D eigenvalue weighted by atomic mass is 10.1. The van der Waals surface area contributed by atoms with E-state index >= 15 is 0 Å². The van der Waals surface area contributed by atoms with Crippen molar-refractivity contribution in [1.82, 2.24) is 14.9 Å². The zero-order chi connectivity index (χ0) is 25.7. The Hall–Kier alpha value is -4.02. The van der Waals surface area contributed by atoms with E-state index in [0.29, 0.717) is 35.9 Å². The number of piperidine rings is 1. The average molecular weight is 491 g/mol. The fourth-order valence-electron chi connectivity index (χ4n) is 3.81. The summed E-state index contributed by atoms with van der Waals surface area (Å²) in [5.41, 5.74) is 3.53. The van der Waals surface area contributed by atoms with Gasteiger partial charge in [-0.05, 0) is 61.4 Å². The van der Waals surface area contributed by atoms with Gasteiger partial charge in [-0.2, -0.15) is 0 Å². The molecule has 1 aliphatic heterocycles. The topological polar surface area (TPSA) is 106 Å². The van der Waals surface area contributed by atoms with E-state index in [0.717, 1.165) is 30.2 Å². The van der Waals surface area contributed by atoms with Crippen molar-refractivity contribution in [2.45, 2.75) is 18.9 Å². The predicted molar refractivity (Wildman–Crippen MR) is 143 cm³/mol. The fourth-order valence-corrected chi connectivity index (χ4v) is 3.81. The molecule has 0 radical (unpaired) electrons. The molecule has 1 aromatic heterocycles. The SMILES string of the molecule is C=C(/N=C\N(N)c1ccc(Nc2nccc(-c3cc(F)cc(N(C)C)c3)n2)cc1)N1CCC(O)CC1. The summed E-state index contributed by atoms with van der Waals surface area (Å²) < 4.78 is 14.1. The van der Waals surface area contributed by atoms with Gasteiger partial charge in [-0.25, -0.2) is 25.2 Å². The molecule has 4 rings (SSSR count). The largest absolute Gasteiger partial charge is 0.393 e. The molecule has 9 nitrogen and oxygen atoms in total. The van der Waals surface area contributed by atoms with Crippen LogP contribution in [-0.4, -0.2) is 59.6 Å². The summed E-state index contributed by atoms with van der Waals surface area (Å²) in [6.45, 7) is 5.44. The second-order valence-corrected chi connectivity index (χ2v) is 8.82. The molecule has 1 saturated heterocycles. The van der Waals surface area contributed by atoms with E-state index in [9.17, 15) is 9.50 Å². The second kappa shape index (κ2) is 11.1. The minimum absolute atomic E-state index is 0.249. The molecular weight excluding hydrogens is 459 g/mol. The number of nitrogens with two attached hydrogens (primary N) is 1. The van der Waals surface area contributed by atoms with Crippen LogP contribution in [0.5, 0.6) is 0 Å². The van der Waals surface area contributed by atoms with Crippen LogP contribution in [0.4, 0.5) is 27.4 Å². The standard InChI is InChI=1S/C26H31FN8O/c1-18(34-12-9-24(36)10-13-34)30-17-35(28)22-6-4-21(5-7-22)31-26-29-11-8-25(32-26)19-14-20(27)16-23(15-19)33(2)3/h4-8,11,14-17,24,36H,1,9-10,12-13,28H2,2-3H3,(H,29,31,32)/b30-17-. The van der Waals surface area contributed by atoms with Crippen LogP contribution in [0, 0.1) is 5.82 Å². The van der Waals surface area contributed by atoms with Crippen molar-refractivity contribution >= 4 is 29.3 Å². The molecule has 1 fully saturated rings. The summed E-state index contributed by atoms with van der Waals surface area (Å²) in [6.07, 6.45) is 4.32. The summed E-state index contributed by atoms with van der Waals surface area (Å²) in [5, 5.41) is 14.2. The molecule has 0 saturated carbocycles. The molecule has 2 heterocycles. The highest BCUT2D eigenvalue weighted by Crippen LogP contribution is 2.26. The number of nitrogens with zero attached hydrogens (tertiary/aromatic N) is 6. The van der Waals surface area contributed by atoms with Gasteiger partial charge < -0.3 is 20.2 Å². The Morgan fingerprint density at radius 1 is 1.17 bits per heavy atom. The number of rotatable bonds is 8. The van der Waals surface area contributed by atoms with Crippen LogP contribution in [0.2, 0.25) is 0 Å². The summed E-state index contributed by atoms with van der Waals surface area (Å²) >= 11 is 0. The normalized spacial score (nSPS) is 14.2. The van der Waals surface area contributed by atoms with Crippen LogP contribution in [0.1, 0.15) is 12.8 Å². The Labute approximate surface area is 210 Å². The quantitative estimate of drug-likeness (QED) is 0.190. The minimum atomic E-state index is -0.326. The van der Waals surface area contributed by atoms with E-state index in [1.807, 2.05) is 54.2 Å². The molecule has 0 aliphatic carbocycles. The lowest BCUT2D eigenvalue weighted by Gasteiger charge is -2.30. The summed E-state index contributed by atoms with van der Waals surface area (Å²) in [7, 11) is 3.72. The van der Waals surface area contributed by atoms with E-state index in [1.54, 1.807) is 12.3 Å². The highest BCUT2D eigenvalue weighted by Gasteiger charge is 2.17. The van der Waals surface area contributed by atoms with Crippen LogP contribution in [-0.2, 0) is 0 Å². The molecule has 0 unspecified atom stereocenters. The molecule has 0 spiro atoms. The van der Waals surface area contributed by atoms with Crippen LogP contribution in [0.3, 0.4) is 0 Å². The molecule has 1 aliphatic rings. The Balaban J connectivity index is 1.40. The van der Waals surface area contributed by atoms with Gasteiger partial charge in [-0.15, -0.1) is 0 Å². The molecule has 36 heavy (non-hydrogen) atoms. The third-order valence-corrected chi connectivity index (χ3v) is 5.93. The van der Waals surface area contributed by atoms with Crippen molar-refractivity contribution in [3.63, 3.8) is 0 Å². The third-order valence-electron chi connectivity index (χ3n) is 5.93. The number of benzene rings is 2. The molecule has 3 aromatic rings. The zero-order valence-electron chi connectivity index (χ0n) is 20.5. The molecule has 0 atom stereocenters. The van der Waals surface area contributed by atoms with Crippen molar-refractivity contribution in [3.8, 4) is 11.3 Å². The maximum Gasteiger partial charge on any atom is 0.227 e. The molecule has 0 bridgehead atoms. The number of nitrogens with one attached hydrogen (secondary N) is 1. The number of aromatic nitrogens is 2. The van der Waals surface area contributed by atoms with E-state index in [4.69, 9.17) is 5.84 Å². The maximum atomic E-state index is 14.1. The number of hydrogen-bond donors (Lipinski definition) is 3. The van der Waals surface area contributed by atoms with E-state index in [-0.39, 0.29) is 11.9 Å². The monoisotopic (exact) mass is 490 g/mol. The van der Waals surface area contributed by atoms with E-state index in [1.165, 1.54) is 23.5 Å². The molecule has 0 amide bonds. The second-order valence-electron chi connectivity index (χ2n) is 8.82. The summed E-state index contributed by atoms with van der Waals surface area (Å²) in [5.74, 6) is 6.81. The van der Waals surface area contributed by atoms with Crippen molar-refractivity contribution < 1.29 is 9.50 Å². The highest BCUT2D eigenvalue weighted by molar-refractivity contribution is 5.79. The summed E-state index contributed by atoms with van der Waals surface area (Å²) in [6, 6.07) is 13.9. The van der Waals surface area contributed by atoms with E-state index < -0.39 is 0 Å². The van der Waals surface area contributed by atoms with Gasteiger partial charge in [-0.1, -0.05) is 6.58 Å². The van der Waals surface area contributed by atoms with Crippen molar-refractivity contribution in [1.29, 1.82) is 0 Å². The van der Waals surface area contributed by atoms with Gasteiger partial charge in [-0.3, -0.25) is 5.01 Å². The fraction of sp³-hybridized carbons (Fsp3) is 0.269. The molecule has 2 aromatic carbocycles. The number of aliphatic hydroxyl groups is 1. The molecule has 4 N–H and O–H groups in total. The molecule has 188 valence electrons. The smallest absolute Gasteiger partial charge is 0.227 e. The highest BCUT2D eigenvalue weighted by atomic mass is 19.1. The average Bonchev–Trinajstić information content (AvgIpc) is 2.87. The Bertz CT molecular complexity index is 1220. The van der Waals surface area contributed by atoms with Crippen molar-refractivity contribution in [2.24, 2.45) is 10.8 Å². The van der Waals surface area contributed by atoms with Gasteiger partial charge >= 0.3 is 0 Å². The van der Waals surface area contributed by atoms with Crippen LogP contribution >= 0.6 is 0 Å². The van der Waals surface area contributed by atoms with Gasteiger partial charge in [0.2, 0.25) is 5.95 Å². The first-order valence-corrected chi connectivity index (χ1v) is 11.7. The third kappa shape index (κ3) is 6.35. The Morgan fingerprint density at radius 3 is 2.58 bits per heavy atom. The minimum Gasteiger partial charge on any atom is -0.393 e. The zero-order valence-corrected chi connectivity index (χ0v) is 20.5. The number of likely N-dealkylation sites (tertiary alicyclic amines) is 1. The number of hydrogen-bond acceptors (Lipinski definition) is 8. The first-order chi connectivity index (χ1) is 17.3. The first-order valence-electron chi connectivity index (χ1n) is 11.7. The molecular formula is C26H31FN8O. The van der Waals surface area contributed by atoms with Crippen LogP contribution < -0.4 is 21.1 Å². The Morgan fingerprint density at radius 2 is 1.89 bits per heavy atom. The Kier molecular flexibility index (Phi) is 7.77. The lowest BCUT2D eigenvalue weighted by molar-refractivity contribution is 0.0969. The number of halogens is 1. The maximum absolute atomic E-state index is 14.1. The number of hydrazine groups is 1. The van der Waals surface area contributed by atoms with Gasteiger partial charge in [0, 0.05) is 50.3 Å². The first kappa shape index (κ1) is 25.1. The van der Waals surface area contributed by atoms with Crippen LogP contribution in [0.15, 0.2) is 72.1 Å². The lowest BCUT2D eigenvalue weighted by Crippen LogP contribution is -2.35. The number of aliphatic hydroxyl groups excluding tert-OH is 1. The van der Waals surface area contributed by atoms with Crippen molar-refractivity contribution in [3.05, 3.63) is 72.9 Å². The van der Waals surface area contributed by atoms with Crippen LogP contribution in [0.25, 0.3) is 11.3 Å². The molecule has 10 heteroatoms. The summed E-state index contributed by atoms with van der Waals surface area (Å²) in [4.78, 5) is 17.1. The van der Waals surface area contributed by atoms with Gasteiger partial charge in [0.15, 0.2) is 0 Å². The number of aliphatic imine (C=N–C) groups is 1.